The predicted octanol–water partition coefficient (Wildman–Crippen LogP) is 1.57. The van der Waals surface area contributed by atoms with E-state index in [4.69, 9.17) is 4.42 Å². The summed E-state index contributed by atoms with van der Waals surface area (Å²) < 4.78 is 5.26. The maximum absolute atomic E-state index is 12.2. The van der Waals surface area contributed by atoms with Gasteiger partial charge in [-0.3, -0.25) is 9.59 Å². The molecule has 0 bridgehead atoms. The van der Waals surface area contributed by atoms with Gasteiger partial charge in [0, 0.05) is 36.3 Å². The number of carbonyl (C=O) groups is 2. The molecule has 1 N–H and O–H groups in total. The molecule has 2 aromatic rings. The summed E-state index contributed by atoms with van der Waals surface area (Å²) in [5.41, 5.74) is 1.00. The fraction of sp³-hybridized carbons (Fsp3) is 0.133. The quantitative estimate of drug-likeness (QED) is 0.669. The molecular formula is C15H12N2O4. The first kappa shape index (κ1) is 13.1. The highest BCUT2D eigenvalue weighted by molar-refractivity contribution is 6.28. The second kappa shape index (κ2) is 4.59. The molecule has 2 amide bonds. The van der Waals surface area contributed by atoms with Gasteiger partial charge >= 0.3 is 5.63 Å². The highest BCUT2D eigenvalue weighted by Crippen LogP contribution is 2.28. The van der Waals surface area contributed by atoms with Crippen molar-refractivity contribution in [3.8, 4) is 0 Å². The van der Waals surface area contributed by atoms with E-state index in [0.29, 0.717) is 16.5 Å². The van der Waals surface area contributed by atoms with Gasteiger partial charge < -0.3 is 9.73 Å². The minimum absolute atomic E-state index is 0.0280. The van der Waals surface area contributed by atoms with Crippen LogP contribution >= 0.6 is 0 Å². The molecule has 0 spiro atoms. The lowest BCUT2D eigenvalue weighted by molar-refractivity contribution is -0.120. The first-order chi connectivity index (χ1) is 10.0. The number of amides is 2. The summed E-state index contributed by atoms with van der Waals surface area (Å²) in [6.45, 7) is 1.69. The van der Waals surface area contributed by atoms with Crippen LogP contribution < -0.4 is 15.8 Å². The molecule has 21 heavy (non-hydrogen) atoms. The molecule has 3 rings (SSSR count). The van der Waals surface area contributed by atoms with Crippen LogP contribution in [-0.2, 0) is 9.59 Å². The summed E-state index contributed by atoms with van der Waals surface area (Å²) in [4.78, 5) is 36.5. The molecule has 0 aliphatic carbocycles. The summed E-state index contributed by atoms with van der Waals surface area (Å²) in [6.07, 6.45) is 2.27. The van der Waals surface area contributed by atoms with Crippen molar-refractivity contribution < 1.29 is 14.0 Å². The van der Waals surface area contributed by atoms with Crippen LogP contribution in [0.3, 0.4) is 0 Å². The lowest BCUT2D eigenvalue weighted by Crippen LogP contribution is -2.34. The van der Waals surface area contributed by atoms with E-state index in [9.17, 15) is 14.4 Å². The molecular weight excluding hydrogens is 272 g/mol. The molecule has 0 saturated heterocycles. The number of hydrogen-bond acceptors (Lipinski definition) is 5. The minimum atomic E-state index is -0.710. The largest absolute Gasteiger partial charge is 0.421 e. The number of fused-ring (bicyclic) bond motifs is 1. The molecule has 6 heteroatoms. The number of hydrogen-bond donors (Lipinski definition) is 1. The summed E-state index contributed by atoms with van der Waals surface area (Å²) >= 11 is 0. The van der Waals surface area contributed by atoms with Crippen molar-refractivity contribution >= 4 is 34.2 Å². The Hall–Kier alpha value is -2.89. The molecule has 2 heterocycles. The lowest BCUT2D eigenvalue weighted by Gasteiger charge is -2.16. The number of imide groups is 1. The fourth-order valence-corrected chi connectivity index (χ4v) is 2.38. The van der Waals surface area contributed by atoms with E-state index in [0.717, 1.165) is 22.7 Å². The van der Waals surface area contributed by atoms with E-state index in [1.54, 1.807) is 26.1 Å². The molecule has 1 aliphatic rings. The third-order valence-electron chi connectivity index (χ3n) is 3.46. The van der Waals surface area contributed by atoms with Crippen LogP contribution in [0, 0.1) is 6.92 Å². The van der Waals surface area contributed by atoms with E-state index in [1.807, 2.05) is 6.07 Å². The summed E-state index contributed by atoms with van der Waals surface area (Å²) in [5, 5.41) is 3.63. The summed E-state index contributed by atoms with van der Waals surface area (Å²) in [5.74, 6) is -1.08. The van der Waals surface area contributed by atoms with E-state index in [1.165, 1.54) is 0 Å². The maximum atomic E-state index is 12.2. The number of rotatable bonds is 2. The Balaban J connectivity index is 2.28. The van der Waals surface area contributed by atoms with Crippen molar-refractivity contribution in [1.29, 1.82) is 0 Å². The number of benzene rings is 1. The summed E-state index contributed by atoms with van der Waals surface area (Å²) in [6, 6.07) is 5.30. The third-order valence-corrected chi connectivity index (χ3v) is 3.46. The normalized spacial score (nSPS) is 14.3. The maximum Gasteiger partial charge on any atom is 0.361 e. The molecule has 1 aromatic heterocycles. The SMILES string of the molecule is CNc1ccc2c(C)c(N3C(=O)C=CC3=O)c(=O)oc2c1. The number of anilines is 2. The van der Waals surface area contributed by atoms with Crippen molar-refractivity contribution in [2.75, 3.05) is 17.3 Å². The highest BCUT2D eigenvalue weighted by Gasteiger charge is 2.30. The number of nitrogens with one attached hydrogen (secondary N) is 1. The number of aryl methyl sites for hydroxylation is 1. The van der Waals surface area contributed by atoms with Gasteiger partial charge in [-0.25, -0.2) is 9.69 Å². The Morgan fingerprint density at radius 1 is 1.10 bits per heavy atom. The van der Waals surface area contributed by atoms with E-state index < -0.39 is 17.4 Å². The van der Waals surface area contributed by atoms with Gasteiger partial charge in [0.05, 0.1) is 0 Å². The van der Waals surface area contributed by atoms with Crippen molar-refractivity contribution in [3.05, 3.63) is 46.3 Å². The monoisotopic (exact) mass is 284 g/mol. The van der Waals surface area contributed by atoms with Gasteiger partial charge in [-0.15, -0.1) is 0 Å². The average molecular weight is 284 g/mol. The molecule has 0 unspecified atom stereocenters. The number of carbonyl (C=O) groups excluding carboxylic acids is 2. The van der Waals surface area contributed by atoms with Crippen LogP contribution in [0.15, 0.2) is 39.6 Å². The second-order valence-corrected chi connectivity index (χ2v) is 4.67. The Morgan fingerprint density at radius 2 is 1.76 bits per heavy atom. The molecule has 1 aromatic carbocycles. The van der Waals surface area contributed by atoms with Gasteiger partial charge in [-0.05, 0) is 24.6 Å². The first-order valence-electron chi connectivity index (χ1n) is 6.34. The van der Waals surface area contributed by atoms with E-state index >= 15 is 0 Å². The fourth-order valence-electron chi connectivity index (χ4n) is 2.38. The second-order valence-electron chi connectivity index (χ2n) is 4.67. The van der Waals surface area contributed by atoms with Crippen LogP contribution in [0.4, 0.5) is 11.4 Å². The average Bonchev–Trinajstić information content (AvgIpc) is 2.78. The standard InChI is InChI=1S/C15H12N2O4/c1-8-10-4-3-9(16-2)7-11(10)21-15(20)14(8)17-12(18)5-6-13(17)19/h3-7,16H,1-2H3. The van der Waals surface area contributed by atoms with Crippen LogP contribution in [0.5, 0.6) is 0 Å². The Labute approximate surface area is 119 Å². The first-order valence-corrected chi connectivity index (χ1v) is 6.34. The third kappa shape index (κ3) is 1.92. The molecule has 0 atom stereocenters. The minimum Gasteiger partial charge on any atom is -0.421 e. The van der Waals surface area contributed by atoms with Crippen LogP contribution in [0.25, 0.3) is 11.0 Å². The molecule has 0 fully saturated rings. The van der Waals surface area contributed by atoms with Gasteiger partial charge in [0.15, 0.2) is 0 Å². The van der Waals surface area contributed by atoms with Gasteiger partial charge in [0.1, 0.15) is 11.3 Å². The Morgan fingerprint density at radius 3 is 2.38 bits per heavy atom. The van der Waals surface area contributed by atoms with Crippen molar-refractivity contribution in [1.82, 2.24) is 0 Å². The van der Waals surface area contributed by atoms with E-state index in [2.05, 4.69) is 5.32 Å². The smallest absolute Gasteiger partial charge is 0.361 e. The molecule has 0 radical (unpaired) electrons. The Kier molecular flexibility index (Phi) is 2.86. The molecule has 6 nitrogen and oxygen atoms in total. The van der Waals surface area contributed by atoms with Gasteiger partial charge in [-0.2, -0.15) is 0 Å². The van der Waals surface area contributed by atoms with Gasteiger partial charge in [0.25, 0.3) is 11.8 Å². The van der Waals surface area contributed by atoms with E-state index in [-0.39, 0.29) is 5.69 Å². The molecule has 1 aliphatic heterocycles. The number of nitrogens with zero attached hydrogens (tertiary/aromatic N) is 1. The van der Waals surface area contributed by atoms with Crippen molar-refractivity contribution in [2.45, 2.75) is 6.92 Å². The lowest BCUT2D eigenvalue weighted by atomic mass is 10.1. The topological polar surface area (TPSA) is 79.6 Å². The Bertz CT molecular complexity index is 846. The summed E-state index contributed by atoms with van der Waals surface area (Å²) in [7, 11) is 1.76. The zero-order chi connectivity index (χ0) is 15.1. The van der Waals surface area contributed by atoms with Crippen LogP contribution in [0.1, 0.15) is 5.56 Å². The van der Waals surface area contributed by atoms with Crippen molar-refractivity contribution in [3.63, 3.8) is 0 Å². The van der Waals surface area contributed by atoms with Crippen LogP contribution in [0.2, 0.25) is 0 Å². The zero-order valence-electron chi connectivity index (χ0n) is 11.5. The predicted molar refractivity (Wildman–Crippen MR) is 78.4 cm³/mol. The molecule has 0 saturated carbocycles. The zero-order valence-corrected chi connectivity index (χ0v) is 11.5. The molecule has 106 valence electrons. The van der Waals surface area contributed by atoms with Gasteiger partial charge in [0.2, 0.25) is 0 Å². The van der Waals surface area contributed by atoms with Gasteiger partial charge in [-0.1, -0.05) is 0 Å². The van der Waals surface area contributed by atoms with Crippen molar-refractivity contribution in [2.24, 2.45) is 0 Å². The van der Waals surface area contributed by atoms with Crippen LogP contribution in [-0.4, -0.2) is 18.9 Å². The highest BCUT2D eigenvalue weighted by atomic mass is 16.4.